The van der Waals surface area contributed by atoms with E-state index in [1.165, 1.54) is 18.4 Å². The number of hydrogen-bond acceptors (Lipinski definition) is 3. The maximum atomic E-state index is 12.5. The summed E-state index contributed by atoms with van der Waals surface area (Å²) in [5.41, 5.74) is 1.33. The first-order valence-electron chi connectivity index (χ1n) is 8.54. The Hall–Kier alpha value is -2.30. The van der Waals surface area contributed by atoms with Gasteiger partial charge in [0.05, 0.1) is 13.4 Å². The van der Waals surface area contributed by atoms with Crippen LogP contribution in [-0.2, 0) is 10.2 Å². The van der Waals surface area contributed by atoms with Crippen molar-refractivity contribution in [2.45, 2.75) is 44.1 Å². The third-order valence-electron chi connectivity index (χ3n) is 5.22. The number of aromatic nitrogens is 2. The van der Waals surface area contributed by atoms with Crippen molar-refractivity contribution >= 4 is 5.91 Å². The molecule has 0 saturated heterocycles. The predicted octanol–water partition coefficient (Wildman–Crippen LogP) is 3.08. The number of nitrogens with one attached hydrogen (secondary N) is 1. The van der Waals surface area contributed by atoms with Crippen molar-refractivity contribution in [3.8, 4) is 5.75 Å². The van der Waals surface area contributed by atoms with Gasteiger partial charge in [-0.15, -0.1) is 0 Å². The van der Waals surface area contributed by atoms with E-state index in [-0.39, 0.29) is 17.4 Å². The minimum absolute atomic E-state index is 0.0350. The molecule has 1 aliphatic rings. The van der Waals surface area contributed by atoms with Crippen LogP contribution in [-0.4, -0.2) is 29.1 Å². The highest BCUT2D eigenvalue weighted by atomic mass is 16.5. The highest BCUT2D eigenvalue weighted by molar-refractivity contribution is 5.80. The van der Waals surface area contributed by atoms with E-state index in [4.69, 9.17) is 4.74 Å². The van der Waals surface area contributed by atoms with Crippen molar-refractivity contribution in [3.05, 3.63) is 48.5 Å². The predicted molar refractivity (Wildman–Crippen MR) is 93.1 cm³/mol. The van der Waals surface area contributed by atoms with E-state index in [1.54, 1.807) is 19.6 Å². The number of benzene rings is 1. The van der Waals surface area contributed by atoms with Crippen molar-refractivity contribution in [2.75, 3.05) is 13.7 Å². The molecule has 1 aliphatic carbocycles. The number of nitrogens with zero attached hydrogens (tertiary/aromatic N) is 2. The van der Waals surface area contributed by atoms with Gasteiger partial charge in [-0.1, -0.05) is 25.0 Å². The van der Waals surface area contributed by atoms with Gasteiger partial charge < -0.3 is 14.6 Å². The summed E-state index contributed by atoms with van der Waals surface area (Å²) in [6.07, 6.45) is 9.83. The van der Waals surface area contributed by atoms with Crippen LogP contribution >= 0.6 is 0 Å². The summed E-state index contributed by atoms with van der Waals surface area (Å²) in [5.74, 6) is 0.900. The normalized spacial score (nSPS) is 17.4. The van der Waals surface area contributed by atoms with Crippen LogP contribution < -0.4 is 10.1 Å². The van der Waals surface area contributed by atoms with E-state index < -0.39 is 0 Å². The lowest BCUT2D eigenvalue weighted by molar-refractivity contribution is -0.124. The average Bonchev–Trinajstić information content (AvgIpc) is 3.31. The first-order chi connectivity index (χ1) is 11.6. The Balaban J connectivity index is 1.70. The highest BCUT2D eigenvalue weighted by Crippen LogP contribution is 2.41. The van der Waals surface area contributed by atoms with Crippen molar-refractivity contribution in [1.29, 1.82) is 0 Å². The summed E-state index contributed by atoms with van der Waals surface area (Å²) >= 11 is 0. The Labute approximate surface area is 143 Å². The number of hydrogen-bond donors (Lipinski definition) is 1. The lowest BCUT2D eigenvalue weighted by atomic mass is 9.78. The van der Waals surface area contributed by atoms with Crippen LogP contribution in [0, 0.1) is 0 Å². The summed E-state index contributed by atoms with van der Waals surface area (Å²) in [6, 6.07) is 8.03. The van der Waals surface area contributed by atoms with E-state index in [2.05, 4.69) is 22.4 Å². The number of amides is 1. The molecule has 1 heterocycles. The molecule has 1 aromatic carbocycles. The standard InChI is InChI=1S/C19H25N3O2/c1-15(22-12-11-20-14-22)18(23)21-13-19(9-3-4-10-19)16-5-7-17(24-2)8-6-16/h5-8,11-12,14-15H,3-4,9-10,13H2,1-2H3,(H,21,23). The highest BCUT2D eigenvalue weighted by Gasteiger charge is 2.36. The lowest BCUT2D eigenvalue weighted by Gasteiger charge is -2.30. The van der Waals surface area contributed by atoms with Gasteiger partial charge in [-0.25, -0.2) is 4.98 Å². The molecule has 2 aromatic rings. The molecule has 0 radical (unpaired) electrons. The largest absolute Gasteiger partial charge is 0.497 e. The second-order valence-corrected chi connectivity index (χ2v) is 6.62. The number of rotatable bonds is 6. The molecule has 128 valence electrons. The number of carbonyl (C=O) groups is 1. The molecule has 3 rings (SSSR count). The van der Waals surface area contributed by atoms with Gasteiger partial charge in [0.2, 0.25) is 5.91 Å². The van der Waals surface area contributed by atoms with Gasteiger partial charge in [0, 0.05) is 24.4 Å². The van der Waals surface area contributed by atoms with Gasteiger partial charge in [0.15, 0.2) is 0 Å². The maximum Gasteiger partial charge on any atom is 0.242 e. The maximum absolute atomic E-state index is 12.5. The number of carbonyl (C=O) groups excluding carboxylic acids is 1. The van der Waals surface area contributed by atoms with Gasteiger partial charge >= 0.3 is 0 Å². The van der Waals surface area contributed by atoms with Gasteiger partial charge in [-0.3, -0.25) is 4.79 Å². The molecule has 1 fully saturated rings. The van der Waals surface area contributed by atoms with Crippen LogP contribution in [0.4, 0.5) is 0 Å². The van der Waals surface area contributed by atoms with Crippen LogP contribution in [0.1, 0.15) is 44.2 Å². The van der Waals surface area contributed by atoms with Gasteiger partial charge in [-0.05, 0) is 37.5 Å². The summed E-state index contributed by atoms with van der Waals surface area (Å²) in [6.45, 7) is 2.57. The Morgan fingerprint density at radius 3 is 2.62 bits per heavy atom. The molecule has 1 amide bonds. The second kappa shape index (κ2) is 7.07. The number of imidazole rings is 1. The Bertz CT molecular complexity index is 658. The number of ether oxygens (including phenoxy) is 1. The summed E-state index contributed by atoms with van der Waals surface area (Å²) in [7, 11) is 1.68. The second-order valence-electron chi connectivity index (χ2n) is 6.62. The van der Waals surface area contributed by atoms with E-state index in [1.807, 2.05) is 29.8 Å². The Morgan fingerprint density at radius 1 is 1.33 bits per heavy atom. The minimum atomic E-state index is -0.248. The third-order valence-corrected chi connectivity index (χ3v) is 5.22. The fraction of sp³-hybridized carbons (Fsp3) is 0.474. The van der Waals surface area contributed by atoms with E-state index in [9.17, 15) is 4.79 Å². The zero-order valence-electron chi connectivity index (χ0n) is 14.4. The fourth-order valence-electron chi connectivity index (χ4n) is 3.60. The average molecular weight is 327 g/mol. The van der Waals surface area contributed by atoms with Gasteiger partial charge in [0.25, 0.3) is 0 Å². The molecule has 5 heteroatoms. The molecule has 1 aromatic heterocycles. The van der Waals surface area contributed by atoms with Crippen molar-refractivity contribution < 1.29 is 9.53 Å². The Morgan fingerprint density at radius 2 is 2.04 bits per heavy atom. The zero-order valence-corrected chi connectivity index (χ0v) is 14.4. The molecule has 1 atom stereocenters. The SMILES string of the molecule is COc1ccc(C2(CNC(=O)C(C)n3ccnc3)CCCC2)cc1. The van der Waals surface area contributed by atoms with Crippen LogP contribution in [0.5, 0.6) is 5.75 Å². The van der Waals surface area contributed by atoms with Gasteiger partial charge in [-0.2, -0.15) is 0 Å². The van der Waals surface area contributed by atoms with Crippen LogP contribution in [0.3, 0.4) is 0 Å². The third kappa shape index (κ3) is 3.30. The monoisotopic (exact) mass is 327 g/mol. The van der Waals surface area contributed by atoms with Crippen LogP contribution in [0.25, 0.3) is 0 Å². The number of methoxy groups -OCH3 is 1. The summed E-state index contributed by atoms with van der Waals surface area (Å²) in [4.78, 5) is 16.5. The van der Waals surface area contributed by atoms with Crippen LogP contribution in [0.2, 0.25) is 0 Å². The molecule has 0 aliphatic heterocycles. The fourth-order valence-corrected chi connectivity index (χ4v) is 3.60. The lowest BCUT2D eigenvalue weighted by Crippen LogP contribution is -2.41. The first kappa shape index (κ1) is 16.6. The first-order valence-corrected chi connectivity index (χ1v) is 8.54. The molecule has 1 saturated carbocycles. The van der Waals surface area contributed by atoms with E-state index in [0.717, 1.165) is 18.6 Å². The van der Waals surface area contributed by atoms with Crippen LogP contribution in [0.15, 0.2) is 43.0 Å². The van der Waals surface area contributed by atoms with Gasteiger partial charge in [0.1, 0.15) is 11.8 Å². The van der Waals surface area contributed by atoms with Crippen molar-refractivity contribution in [1.82, 2.24) is 14.9 Å². The molecule has 1 unspecified atom stereocenters. The summed E-state index contributed by atoms with van der Waals surface area (Å²) < 4.78 is 7.08. The molecule has 24 heavy (non-hydrogen) atoms. The van der Waals surface area contributed by atoms with Crippen molar-refractivity contribution in [3.63, 3.8) is 0 Å². The molecular weight excluding hydrogens is 302 g/mol. The molecule has 1 N–H and O–H groups in total. The minimum Gasteiger partial charge on any atom is -0.497 e. The summed E-state index contributed by atoms with van der Waals surface area (Å²) in [5, 5.41) is 3.16. The quantitative estimate of drug-likeness (QED) is 0.887. The Kier molecular flexibility index (Phi) is 4.88. The van der Waals surface area contributed by atoms with E-state index >= 15 is 0 Å². The van der Waals surface area contributed by atoms with Crippen molar-refractivity contribution in [2.24, 2.45) is 0 Å². The smallest absolute Gasteiger partial charge is 0.242 e. The topological polar surface area (TPSA) is 56.1 Å². The zero-order chi connectivity index (χ0) is 17.0. The molecule has 0 spiro atoms. The molecular formula is C19H25N3O2. The van der Waals surface area contributed by atoms with E-state index in [0.29, 0.717) is 6.54 Å². The molecule has 5 nitrogen and oxygen atoms in total. The molecule has 0 bridgehead atoms.